The Bertz CT molecular complexity index is 2190. The SMILES string of the molecule is C[C@@H]1CCO1.Cc1ccc2nc(CN3CCC(c4cccc(OCc5ccc(Cl)cc5F)n4)CC3)[nH]c2c1.Cn1c(=O)[nH]c2ccc(NC=O)cc21. The number of aryl methyl sites for hydroxylation is 2. The Kier molecular flexibility index (Phi) is 12.0. The smallest absolute Gasteiger partial charge is 0.326 e. The molecule has 3 N–H and O–H groups in total. The molecule has 8 rings (SSSR count). The number of pyridine rings is 1. The van der Waals surface area contributed by atoms with E-state index in [1.165, 1.54) is 22.6 Å². The van der Waals surface area contributed by atoms with Crippen molar-refractivity contribution >= 4 is 45.8 Å². The number of ether oxygens (including phenoxy) is 2. The standard InChI is InChI=1S/C26H26ClFN4O.C9H9N3O2.C4H8O/c1-17-5-8-23-24(13-17)30-25(29-23)15-32-11-9-18(10-12-32)22-3-2-4-26(31-22)33-16-19-6-7-20(27)14-21(19)28;1-12-8-4-6(10-5-13)2-3-7(8)11-9(12)14;1-4-2-3-5-4/h2-8,13-14,18H,9-12,15-16H2,1H3,(H,29,30);2-5H,1H3,(H,10,13)(H,11,14);4H,2-3H2,1H3/t;;4-/m..1/s1. The Balaban J connectivity index is 0.000000199. The van der Waals surface area contributed by atoms with Crippen molar-refractivity contribution in [2.45, 2.75) is 58.3 Å². The van der Waals surface area contributed by atoms with Gasteiger partial charge in [-0.1, -0.05) is 29.8 Å². The number of imidazole rings is 2. The summed E-state index contributed by atoms with van der Waals surface area (Å²) < 4.78 is 26.2. The lowest BCUT2D eigenvalue weighted by Crippen LogP contribution is -2.33. The molecule has 52 heavy (non-hydrogen) atoms. The number of carbonyl (C=O) groups is 1. The number of piperidine rings is 1. The lowest BCUT2D eigenvalue weighted by molar-refractivity contribution is -0.105. The maximum Gasteiger partial charge on any atom is 0.326 e. The van der Waals surface area contributed by atoms with Crippen molar-refractivity contribution in [2.75, 3.05) is 25.0 Å². The van der Waals surface area contributed by atoms with Crippen LogP contribution in [-0.4, -0.2) is 61.6 Å². The summed E-state index contributed by atoms with van der Waals surface area (Å²) >= 11 is 5.82. The lowest BCUT2D eigenvalue weighted by atomic mass is 9.93. The Morgan fingerprint density at radius 3 is 2.52 bits per heavy atom. The van der Waals surface area contributed by atoms with Gasteiger partial charge in [-0.2, -0.15) is 0 Å². The molecule has 11 nitrogen and oxygen atoms in total. The van der Waals surface area contributed by atoms with E-state index in [-0.39, 0.29) is 18.1 Å². The molecule has 0 aliphatic carbocycles. The summed E-state index contributed by atoms with van der Waals surface area (Å²) in [6, 6.07) is 21.9. The first-order valence-electron chi connectivity index (χ1n) is 17.4. The van der Waals surface area contributed by atoms with Gasteiger partial charge in [-0.05, 0) is 100 Å². The van der Waals surface area contributed by atoms with Crippen molar-refractivity contribution in [1.82, 2.24) is 29.4 Å². The third-order valence-electron chi connectivity index (χ3n) is 9.26. The van der Waals surface area contributed by atoms with Gasteiger partial charge in [0.05, 0.1) is 34.7 Å². The number of fused-ring (bicyclic) bond motifs is 2. The molecule has 6 aromatic rings. The van der Waals surface area contributed by atoms with Crippen LogP contribution in [0.2, 0.25) is 5.02 Å². The summed E-state index contributed by atoms with van der Waals surface area (Å²) in [6.07, 6.45) is 4.49. The minimum absolute atomic E-state index is 0.120. The maximum atomic E-state index is 14.0. The molecule has 0 saturated carbocycles. The first-order valence-corrected chi connectivity index (χ1v) is 17.7. The average Bonchev–Trinajstić information content (AvgIpc) is 3.66. The maximum absolute atomic E-state index is 14.0. The zero-order chi connectivity index (χ0) is 36.6. The minimum atomic E-state index is -0.370. The van der Waals surface area contributed by atoms with E-state index in [1.807, 2.05) is 12.1 Å². The van der Waals surface area contributed by atoms with Gasteiger partial charge in [0, 0.05) is 47.6 Å². The number of nitrogens with zero attached hydrogens (tertiary/aromatic N) is 4. The Morgan fingerprint density at radius 1 is 1.02 bits per heavy atom. The fourth-order valence-corrected chi connectivity index (χ4v) is 6.27. The highest BCUT2D eigenvalue weighted by Crippen LogP contribution is 2.29. The molecule has 2 aliphatic heterocycles. The predicted octanol–water partition coefficient (Wildman–Crippen LogP) is 7.25. The van der Waals surface area contributed by atoms with Crippen LogP contribution in [0.3, 0.4) is 0 Å². The van der Waals surface area contributed by atoms with Gasteiger partial charge in [0.1, 0.15) is 18.2 Å². The second-order valence-electron chi connectivity index (χ2n) is 13.1. The number of aromatic nitrogens is 5. The Hall–Kier alpha value is -5.04. The third kappa shape index (κ3) is 9.44. The zero-order valence-corrected chi connectivity index (χ0v) is 30.3. The van der Waals surface area contributed by atoms with Crippen LogP contribution in [-0.2, 0) is 29.7 Å². The number of likely N-dealkylation sites (tertiary alicyclic amines) is 1. The van der Waals surface area contributed by atoms with Crippen molar-refractivity contribution in [3.63, 3.8) is 0 Å². The molecule has 13 heteroatoms. The number of hydrogen-bond donors (Lipinski definition) is 3. The molecule has 5 heterocycles. The number of nitrogens with one attached hydrogen (secondary N) is 3. The zero-order valence-electron chi connectivity index (χ0n) is 29.5. The Labute approximate surface area is 306 Å². The number of benzene rings is 3. The van der Waals surface area contributed by atoms with Gasteiger partial charge in [-0.15, -0.1) is 0 Å². The number of anilines is 1. The number of H-pyrrole nitrogens is 2. The van der Waals surface area contributed by atoms with E-state index in [9.17, 15) is 14.0 Å². The topological polar surface area (TPSA) is 130 Å². The molecule has 1 atom stereocenters. The molecule has 3 aromatic heterocycles. The molecule has 3 aromatic carbocycles. The van der Waals surface area contributed by atoms with Gasteiger partial charge in [0.15, 0.2) is 0 Å². The summed E-state index contributed by atoms with van der Waals surface area (Å²) in [5.74, 6) is 1.54. The highest BCUT2D eigenvalue weighted by molar-refractivity contribution is 6.30. The summed E-state index contributed by atoms with van der Waals surface area (Å²) in [6.45, 7) is 8.09. The fourth-order valence-electron chi connectivity index (χ4n) is 6.11. The normalized spacial score (nSPS) is 16.0. The van der Waals surface area contributed by atoms with Crippen LogP contribution in [0.5, 0.6) is 5.88 Å². The van der Waals surface area contributed by atoms with Crippen LogP contribution >= 0.6 is 11.6 Å². The molecule has 2 saturated heterocycles. The number of halogens is 2. The second kappa shape index (κ2) is 17.0. The van der Waals surface area contributed by atoms with E-state index in [0.29, 0.717) is 40.6 Å². The molecule has 272 valence electrons. The summed E-state index contributed by atoms with van der Waals surface area (Å²) in [4.78, 5) is 39.4. The number of amides is 1. The predicted molar refractivity (Wildman–Crippen MR) is 201 cm³/mol. The number of carbonyl (C=O) groups excluding carboxylic acids is 1. The number of rotatable bonds is 8. The molecular formula is C39H43ClFN7O4. The molecular weight excluding hydrogens is 685 g/mol. The van der Waals surface area contributed by atoms with Crippen molar-refractivity contribution in [2.24, 2.45) is 7.05 Å². The van der Waals surface area contributed by atoms with Crippen molar-refractivity contribution in [1.29, 1.82) is 0 Å². The van der Waals surface area contributed by atoms with Crippen molar-refractivity contribution in [3.8, 4) is 5.88 Å². The lowest BCUT2D eigenvalue weighted by Gasteiger charge is -2.31. The second-order valence-corrected chi connectivity index (χ2v) is 13.6. The van der Waals surface area contributed by atoms with Gasteiger partial charge < -0.3 is 24.8 Å². The van der Waals surface area contributed by atoms with Crippen LogP contribution in [0.15, 0.2) is 77.6 Å². The number of hydrogen-bond acceptors (Lipinski definition) is 7. The Morgan fingerprint density at radius 2 is 1.81 bits per heavy atom. The largest absolute Gasteiger partial charge is 0.473 e. The minimum Gasteiger partial charge on any atom is -0.473 e. The van der Waals surface area contributed by atoms with E-state index in [2.05, 4.69) is 58.3 Å². The van der Waals surface area contributed by atoms with Crippen molar-refractivity contribution < 1.29 is 18.7 Å². The molecule has 1 amide bonds. The first-order chi connectivity index (χ1) is 25.1. The van der Waals surface area contributed by atoms with Gasteiger partial charge in [-0.3, -0.25) is 14.3 Å². The fraction of sp³-hybridized carbons (Fsp3) is 0.333. The average molecular weight is 728 g/mol. The first kappa shape index (κ1) is 36.7. The van der Waals surface area contributed by atoms with Crippen LogP contribution in [0.4, 0.5) is 10.1 Å². The van der Waals surface area contributed by atoms with E-state index in [4.69, 9.17) is 31.0 Å². The molecule has 2 fully saturated rings. The monoisotopic (exact) mass is 727 g/mol. The molecule has 2 aliphatic rings. The molecule has 0 bridgehead atoms. The number of aromatic amines is 2. The van der Waals surface area contributed by atoms with E-state index in [1.54, 1.807) is 37.4 Å². The quantitative estimate of drug-likeness (QED) is 0.141. The van der Waals surface area contributed by atoms with E-state index >= 15 is 0 Å². The van der Waals surface area contributed by atoms with E-state index < -0.39 is 0 Å². The van der Waals surface area contributed by atoms with Crippen LogP contribution < -0.4 is 15.7 Å². The highest BCUT2D eigenvalue weighted by Gasteiger charge is 2.23. The molecule has 0 radical (unpaired) electrons. The summed E-state index contributed by atoms with van der Waals surface area (Å²) in [5, 5.41) is 2.90. The molecule has 0 spiro atoms. The van der Waals surface area contributed by atoms with E-state index in [0.717, 1.165) is 72.7 Å². The van der Waals surface area contributed by atoms with Crippen LogP contribution in [0, 0.1) is 12.7 Å². The van der Waals surface area contributed by atoms with Crippen LogP contribution in [0.1, 0.15) is 54.7 Å². The van der Waals surface area contributed by atoms with Gasteiger partial charge in [0.2, 0.25) is 12.3 Å². The molecule has 0 unspecified atom stereocenters. The summed E-state index contributed by atoms with van der Waals surface area (Å²) in [7, 11) is 1.67. The third-order valence-corrected chi connectivity index (χ3v) is 9.49. The highest BCUT2D eigenvalue weighted by atomic mass is 35.5. The van der Waals surface area contributed by atoms with Crippen LogP contribution in [0.25, 0.3) is 22.1 Å². The van der Waals surface area contributed by atoms with Gasteiger partial charge >= 0.3 is 5.69 Å². The van der Waals surface area contributed by atoms with Crippen molar-refractivity contribution in [3.05, 3.63) is 117 Å². The summed E-state index contributed by atoms with van der Waals surface area (Å²) in [5.41, 5.74) is 6.87. The van der Waals surface area contributed by atoms with Gasteiger partial charge in [0.25, 0.3) is 0 Å². The van der Waals surface area contributed by atoms with Gasteiger partial charge in [-0.25, -0.2) is 19.2 Å².